The fraction of sp³-hybridized carbons (Fsp3) is 0. The summed E-state index contributed by atoms with van der Waals surface area (Å²) in [7, 11) is 0. The van der Waals surface area contributed by atoms with Gasteiger partial charge in [0.05, 0.1) is 0 Å². The molecule has 0 atom stereocenters. The van der Waals surface area contributed by atoms with Crippen molar-refractivity contribution in [3.8, 4) is 0 Å². The zero-order chi connectivity index (χ0) is 36.4. The first-order chi connectivity index (χ1) is 26.8. The minimum atomic E-state index is 1.16. The van der Waals surface area contributed by atoms with Gasteiger partial charge in [-0.15, -0.1) is 0 Å². The first kappa shape index (κ1) is 34.1. The molecule has 0 bridgehead atoms. The number of rotatable bonds is 10. The van der Waals surface area contributed by atoms with Crippen LogP contribution in [-0.4, -0.2) is 0 Å². The minimum Gasteiger partial charge on any atom is -0.0622 e. The molecule has 8 rings (SSSR count). The van der Waals surface area contributed by atoms with E-state index in [9.17, 15) is 0 Å². The number of benzene rings is 8. The summed E-state index contributed by atoms with van der Waals surface area (Å²) >= 11 is 0. The van der Waals surface area contributed by atoms with Gasteiger partial charge in [-0.1, -0.05) is 231 Å². The Morgan fingerprint density at radius 3 is 1.09 bits per heavy atom. The molecule has 0 saturated carbocycles. The van der Waals surface area contributed by atoms with Crippen LogP contribution in [0.4, 0.5) is 0 Å². The maximum atomic E-state index is 2.28. The standard InChI is InChI=1S/C54H40/c1-5-15-45(16-6-1)53(46-17-7-2-8-18-46)39-43-29-25-41(26-30-43)33-35-50-37-36-49-23-13-14-24-51(49)52(50)38-34-42-27-31-44(32-28-42)40-54(47-19-9-3-10-20-47)48-21-11-4-12-22-48/h1-40H/b35-33-,38-34-. The van der Waals surface area contributed by atoms with Crippen molar-refractivity contribution in [2.24, 2.45) is 0 Å². The fourth-order valence-electron chi connectivity index (χ4n) is 6.89. The van der Waals surface area contributed by atoms with Crippen LogP contribution in [0.5, 0.6) is 0 Å². The molecule has 0 amide bonds. The van der Waals surface area contributed by atoms with E-state index >= 15 is 0 Å². The summed E-state index contributed by atoms with van der Waals surface area (Å²) in [5, 5.41) is 2.47. The van der Waals surface area contributed by atoms with E-state index in [0.29, 0.717) is 0 Å². The Balaban J connectivity index is 1.06. The Labute approximate surface area is 319 Å². The van der Waals surface area contributed by atoms with Crippen LogP contribution in [0, 0.1) is 0 Å². The summed E-state index contributed by atoms with van der Waals surface area (Å²) in [4.78, 5) is 0. The van der Waals surface area contributed by atoms with Crippen molar-refractivity contribution in [3.05, 3.63) is 262 Å². The monoisotopic (exact) mass is 688 g/mol. The average molecular weight is 689 g/mol. The van der Waals surface area contributed by atoms with Crippen LogP contribution < -0.4 is 0 Å². The van der Waals surface area contributed by atoms with Crippen LogP contribution >= 0.6 is 0 Å². The third-order valence-electron chi connectivity index (χ3n) is 9.74. The van der Waals surface area contributed by atoms with Crippen molar-refractivity contribution < 1.29 is 0 Å². The maximum Gasteiger partial charge on any atom is -0.0105 e. The third-order valence-corrected chi connectivity index (χ3v) is 9.74. The van der Waals surface area contributed by atoms with Gasteiger partial charge in [0.2, 0.25) is 0 Å². The van der Waals surface area contributed by atoms with E-state index in [1.165, 1.54) is 66.4 Å². The van der Waals surface area contributed by atoms with Gasteiger partial charge in [0.25, 0.3) is 0 Å². The highest BCUT2D eigenvalue weighted by atomic mass is 14.1. The van der Waals surface area contributed by atoms with Crippen LogP contribution in [0.2, 0.25) is 0 Å². The van der Waals surface area contributed by atoms with E-state index in [0.717, 1.165) is 11.1 Å². The van der Waals surface area contributed by atoms with E-state index in [1.807, 2.05) is 0 Å². The summed E-state index contributed by atoms with van der Waals surface area (Å²) in [6.07, 6.45) is 13.5. The maximum absolute atomic E-state index is 2.28. The SMILES string of the molecule is C(=C(c1ccccc1)c1ccccc1)c1ccc(/C=C\c2ccc3ccccc3c2/C=C\c2ccc(C=C(c3ccccc3)c3ccccc3)cc2)cc1. The molecule has 0 unspecified atom stereocenters. The summed E-state index contributed by atoms with van der Waals surface area (Å²) in [6.45, 7) is 0. The zero-order valence-electron chi connectivity index (χ0n) is 30.1. The highest BCUT2D eigenvalue weighted by Crippen LogP contribution is 2.30. The summed E-state index contributed by atoms with van der Waals surface area (Å²) in [5.74, 6) is 0. The Morgan fingerprint density at radius 2 is 0.648 bits per heavy atom. The molecule has 0 nitrogen and oxygen atoms in total. The van der Waals surface area contributed by atoms with E-state index in [4.69, 9.17) is 0 Å². The highest BCUT2D eigenvalue weighted by Gasteiger charge is 2.07. The van der Waals surface area contributed by atoms with Gasteiger partial charge < -0.3 is 0 Å². The molecule has 0 spiro atoms. The second kappa shape index (κ2) is 16.5. The van der Waals surface area contributed by atoms with Crippen LogP contribution in [0.25, 0.3) is 58.4 Å². The third kappa shape index (κ3) is 8.20. The van der Waals surface area contributed by atoms with E-state index < -0.39 is 0 Å². The first-order valence-corrected chi connectivity index (χ1v) is 18.5. The Kier molecular flexibility index (Phi) is 10.4. The fourth-order valence-corrected chi connectivity index (χ4v) is 6.89. The van der Waals surface area contributed by atoms with E-state index in [2.05, 4.69) is 243 Å². The van der Waals surface area contributed by atoms with Crippen molar-refractivity contribution in [1.82, 2.24) is 0 Å². The van der Waals surface area contributed by atoms with Gasteiger partial charge in [-0.05, 0) is 89.7 Å². The molecule has 0 N–H and O–H groups in total. The topological polar surface area (TPSA) is 0 Å². The lowest BCUT2D eigenvalue weighted by molar-refractivity contribution is 1.55. The summed E-state index contributed by atoms with van der Waals surface area (Å²) in [5.41, 5.74) is 14.3. The van der Waals surface area contributed by atoms with E-state index in [-0.39, 0.29) is 0 Å². The van der Waals surface area contributed by atoms with Crippen LogP contribution in [0.15, 0.2) is 206 Å². The van der Waals surface area contributed by atoms with Crippen molar-refractivity contribution in [3.63, 3.8) is 0 Å². The normalized spacial score (nSPS) is 11.2. The molecule has 54 heavy (non-hydrogen) atoms. The molecule has 8 aromatic carbocycles. The van der Waals surface area contributed by atoms with Crippen LogP contribution in [0.3, 0.4) is 0 Å². The smallest absolute Gasteiger partial charge is 0.0105 e. The van der Waals surface area contributed by atoms with Crippen LogP contribution in [-0.2, 0) is 0 Å². The molecule has 0 aliphatic heterocycles. The van der Waals surface area contributed by atoms with Crippen molar-refractivity contribution in [2.45, 2.75) is 0 Å². The quantitative estimate of drug-likeness (QED) is 0.125. The number of fused-ring (bicyclic) bond motifs is 1. The Morgan fingerprint density at radius 1 is 0.278 bits per heavy atom. The molecule has 0 heteroatoms. The van der Waals surface area contributed by atoms with Crippen LogP contribution in [0.1, 0.15) is 55.6 Å². The predicted molar refractivity (Wildman–Crippen MR) is 234 cm³/mol. The van der Waals surface area contributed by atoms with Gasteiger partial charge >= 0.3 is 0 Å². The molecule has 0 heterocycles. The van der Waals surface area contributed by atoms with Gasteiger partial charge in [-0.25, -0.2) is 0 Å². The van der Waals surface area contributed by atoms with Crippen molar-refractivity contribution in [2.75, 3.05) is 0 Å². The molecule has 0 aromatic heterocycles. The lowest BCUT2D eigenvalue weighted by Gasteiger charge is -2.09. The number of hydrogen-bond donors (Lipinski definition) is 0. The van der Waals surface area contributed by atoms with Gasteiger partial charge in [0.1, 0.15) is 0 Å². The lowest BCUT2D eigenvalue weighted by atomic mass is 9.95. The largest absolute Gasteiger partial charge is 0.0622 e. The summed E-state index contributed by atoms with van der Waals surface area (Å²) in [6, 6.07) is 73.1. The molecular weight excluding hydrogens is 649 g/mol. The van der Waals surface area contributed by atoms with E-state index in [1.54, 1.807) is 0 Å². The summed E-state index contributed by atoms with van der Waals surface area (Å²) < 4.78 is 0. The van der Waals surface area contributed by atoms with Crippen molar-refractivity contribution >= 4 is 58.4 Å². The van der Waals surface area contributed by atoms with Gasteiger partial charge in [-0.3, -0.25) is 0 Å². The Bertz CT molecular complexity index is 2490. The number of hydrogen-bond acceptors (Lipinski definition) is 0. The molecule has 0 saturated heterocycles. The van der Waals surface area contributed by atoms with Gasteiger partial charge in [0, 0.05) is 0 Å². The molecule has 0 aliphatic carbocycles. The predicted octanol–water partition coefficient (Wildman–Crippen LogP) is 14.4. The molecule has 8 aromatic rings. The van der Waals surface area contributed by atoms with Gasteiger partial charge in [0.15, 0.2) is 0 Å². The molecule has 0 fully saturated rings. The lowest BCUT2D eigenvalue weighted by Crippen LogP contribution is -1.88. The molecule has 256 valence electrons. The second-order valence-corrected chi connectivity index (χ2v) is 13.4. The average Bonchev–Trinajstić information content (AvgIpc) is 3.25. The Hall–Kier alpha value is -7.02. The minimum absolute atomic E-state index is 1.16. The zero-order valence-corrected chi connectivity index (χ0v) is 30.1. The highest BCUT2D eigenvalue weighted by molar-refractivity contribution is 5.98. The van der Waals surface area contributed by atoms with Crippen molar-refractivity contribution in [1.29, 1.82) is 0 Å². The van der Waals surface area contributed by atoms with Gasteiger partial charge in [-0.2, -0.15) is 0 Å². The first-order valence-electron chi connectivity index (χ1n) is 18.5. The molecule has 0 aliphatic rings. The second-order valence-electron chi connectivity index (χ2n) is 13.4. The molecular formula is C54H40. The molecule has 0 radical (unpaired) electrons.